The van der Waals surface area contributed by atoms with E-state index in [0.29, 0.717) is 25.3 Å². The van der Waals surface area contributed by atoms with E-state index in [1.54, 1.807) is 6.20 Å². The molecular formula is C32H41N7O5. The van der Waals surface area contributed by atoms with Gasteiger partial charge in [0.1, 0.15) is 12.1 Å². The first-order valence-electron chi connectivity index (χ1n) is 15.1. The number of carbonyl (C=O) groups excluding carboxylic acids is 3. The Morgan fingerprint density at radius 1 is 0.818 bits per heavy atom. The van der Waals surface area contributed by atoms with Crippen LogP contribution in [-0.4, -0.2) is 87.1 Å². The molecule has 0 unspecified atom stereocenters. The summed E-state index contributed by atoms with van der Waals surface area (Å²) in [5, 5.41) is 17.2. The lowest BCUT2D eigenvalue weighted by Crippen LogP contribution is -2.55. The number of aromatic amines is 1. The Morgan fingerprint density at radius 3 is 2.16 bits per heavy atom. The highest BCUT2D eigenvalue weighted by atomic mass is 16.4. The Kier molecular flexibility index (Phi) is 12.2. The van der Waals surface area contributed by atoms with Crippen LogP contribution in [0.1, 0.15) is 42.5 Å². The fraction of sp³-hybridized carbons (Fsp3) is 0.406. The van der Waals surface area contributed by atoms with Gasteiger partial charge in [-0.25, -0.2) is 14.6 Å². The highest BCUT2D eigenvalue weighted by molar-refractivity contribution is 5.91. The summed E-state index contributed by atoms with van der Waals surface area (Å²) in [5.41, 5.74) is 2.57. The normalized spacial score (nSPS) is 14.2. The van der Waals surface area contributed by atoms with Crippen LogP contribution in [0.4, 0.5) is 9.59 Å². The van der Waals surface area contributed by atoms with Crippen molar-refractivity contribution < 1.29 is 24.3 Å². The van der Waals surface area contributed by atoms with Crippen molar-refractivity contribution in [1.29, 1.82) is 0 Å². The van der Waals surface area contributed by atoms with Crippen molar-refractivity contribution in [2.24, 2.45) is 0 Å². The average molecular weight is 604 g/mol. The van der Waals surface area contributed by atoms with Crippen LogP contribution in [0.5, 0.6) is 0 Å². The second-order valence-corrected chi connectivity index (χ2v) is 10.9. The first-order chi connectivity index (χ1) is 21.4. The van der Waals surface area contributed by atoms with Crippen molar-refractivity contribution in [1.82, 2.24) is 35.7 Å². The number of aromatic nitrogens is 2. The third-order valence-electron chi connectivity index (χ3n) is 7.56. The summed E-state index contributed by atoms with van der Waals surface area (Å²) in [5.74, 6) is -0.947. The molecule has 1 aliphatic heterocycles. The molecule has 12 nitrogen and oxygen atoms in total. The number of imidazole rings is 1. The number of rotatable bonds is 17. The monoisotopic (exact) mass is 603 g/mol. The molecule has 0 bridgehead atoms. The Bertz CT molecular complexity index is 1340. The first-order valence-corrected chi connectivity index (χ1v) is 15.1. The molecule has 2 heterocycles. The van der Waals surface area contributed by atoms with E-state index in [1.165, 1.54) is 6.33 Å². The Hall–Kier alpha value is -4.87. The molecule has 44 heavy (non-hydrogen) atoms. The lowest BCUT2D eigenvalue weighted by molar-refractivity contribution is -0.130. The highest BCUT2D eigenvalue weighted by Crippen LogP contribution is 2.14. The van der Waals surface area contributed by atoms with E-state index in [4.69, 9.17) is 0 Å². The third kappa shape index (κ3) is 10.1. The molecule has 1 saturated heterocycles. The zero-order valence-electron chi connectivity index (χ0n) is 24.8. The van der Waals surface area contributed by atoms with E-state index in [2.05, 4.69) is 25.9 Å². The molecule has 5 amide bonds. The van der Waals surface area contributed by atoms with Crippen LogP contribution < -0.4 is 16.0 Å². The number of nitrogens with zero attached hydrogens (tertiary/aromatic N) is 3. The molecule has 2 atom stereocenters. The van der Waals surface area contributed by atoms with Gasteiger partial charge in [0.15, 0.2) is 0 Å². The summed E-state index contributed by atoms with van der Waals surface area (Å²) >= 11 is 0. The van der Waals surface area contributed by atoms with Gasteiger partial charge < -0.3 is 35.8 Å². The molecule has 234 valence electrons. The Morgan fingerprint density at radius 2 is 1.48 bits per heavy atom. The smallest absolute Gasteiger partial charge is 0.405 e. The third-order valence-corrected chi connectivity index (χ3v) is 7.56. The number of nitrogens with one attached hydrogen (secondary N) is 4. The molecule has 0 saturated carbocycles. The number of hydrogen-bond acceptors (Lipinski definition) is 5. The Labute approximate surface area is 257 Å². The molecule has 4 rings (SSSR count). The minimum Gasteiger partial charge on any atom is -0.465 e. The summed E-state index contributed by atoms with van der Waals surface area (Å²) in [4.78, 5) is 61.1. The summed E-state index contributed by atoms with van der Waals surface area (Å²) in [6, 6.07) is 17.2. The van der Waals surface area contributed by atoms with E-state index < -0.39 is 24.1 Å². The van der Waals surface area contributed by atoms with Crippen molar-refractivity contribution in [3.05, 3.63) is 90.0 Å². The van der Waals surface area contributed by atoms with Crippen LogP contribution in [0.15, 0.2) is 73.2 Å². The van der Waals surface area contributed by atoms with Crippen LogP contribution in [0.2, 0.25) is 0 Å². The quantitative estimate of drug-likeness (QED) is 0.149. The lowest BCUT2D eigenvalue weighted by Gasteiger charge is -2.22. The van der Waals surface area contributed by atoms with Crippen LogP contribution in [0, 0.1) is 0 Å². The zero-order chi connectivity index (χ0) is 31.1. The van der Waals surface area contributed by atoms with E-state index >= 15 is 0 Å². The van der Waals surface area contributed by atoms with Crippen molar-refractivity contribution in [2.75, 3.05) is 26.2 Å². The second-order valence-electron chi connectivity index (χ2n) is 10.9. The van der Waals surface area contributed by atoms with Gasteiger partial charge >= 0.3 is 12.1 Å². The molecule has 1 fully saturated rings. The van der Waals surface area contributed by atoms with Gasteiger partial charge in [0, 0.05) is 57.5 Å². The Balaban J connectivity index is 1.19. The number of urea groups is 1. The number of carbonyl (C=O) groups is 4. The zero-order valence-corrected chi connectivity index (χ0v) is 24.8. The fourth-order valence-corrected chi connectivity index (χ4v) is 5.21. The van der Waals surface area contributed by atoms with Crippen LogP contribution >= 0.6 is 0 Å². The summed E-state index contributed by atoms with van der Waals surface area (Å²) < 4.78 is 0. The van der Waals surface area contributed by atoms with Crippen molar-refractivity contribution in [3.8, 4) is 0 Å². The van der Waals surface area contributed by atoms with Gasteiger partial charge in [-0.1, -0.05) is 73.5 Å². The largest absolute Gasteiger partial charge is 0.465 e. The second kappa shape index (κ2) is 16.7. The topological polar surface area (TPSA) is 160 Å². The van der Waals surface area contributed by atoms with Crippen LogP contribution in [0.25, 0.3) is 0 Å². The SMILES string of the molecule is O=C(O)N[C@@H](Cc1ccccc1)C(=O)N[C@@H](Cc1cnc[nH]1)C(=O)NCCCCCCN1CCN(Cc2ccccc2)C1=O. The minimum absolute atomic E-state index is 0.0797. The minimum atomic E-state index is -1.32. The number of H-pyrrole nitrogens is 1. The average Bonchev–Trinajstić information content (AvgIpc) is 3.66. The molecular weight excluding hydrogens is 562 g/mol. The molecule has 5 N–H and O–H groups in total. The van der Waals surface area contributed by atoms with Gasteiger partial charge in [-0.2, -0.15) is 0 Å². The van der Waals surface area contributed by atoms with Gasteiger partial charge in [-0.05, 0) is 24.0 Å². The maximum absolute atomic E-state index is 13.1. The molecule has 3 aromatic rings. The number of amides is 5. The molecule has 0 radical (unpaired) electrons. The van der Waals surface area contributed by atoms with Crippen LogP contribution in [0.3, 0.4) is 0 Å². The number of carboxylic acid groups (broad SMARTS) is 1. The van der Waals surface area contributed by atoms with Crippen LogP contribution in [-0.2, 0) is 29.0 Å². The molecule has 2 aromatic carbocycles. The number of benzene rings is 2. The molecule has 12 heteroatoms. The summed E-state index contributed by atoms with van der Waals surface area (Å²) in [7, 11) is 0. The molecule has 1 aliphatic rings. The van der Waals surface area contributed by atoms with Crippen molar-refractivity contribution in [2.45, 2.75) is 57.2 Å². The molecule has 0 spiro atoms. The van der Waals surface area contributed by atoms with E-state index in [9.17, 15) is 24.3 Å². The van der Waals surface area contributed by atoms with Gasteiger partial charge in [0.25, 0.3) is 0 Å². The van der Waals surface area contributed by atoms with Gasteiger partial charge in [0.05, 0.1) is 6.33 Å². The predicted octanol–water partition coefficient (Wildman–Crippen LogP) is 2.93. The maximum Gasteiger partial charge on any atom is 0.405 e. The van der Waals surface area contributed by atoms with Crippen molar-refractivity contribution in [3.63, 3.8) is 0 Å². The standard InChI is InChI=1S/C32H41N7O5/c40-29(34-15-9-1-2-10-16-38-17-18-39(32(38)44)22-25-13-7-4-8-14-25)28(20-26-21-33-23-35-26)36-30(41)27(37-31(42)43)19-24-11-5-3-6-12-24/h3-8,11-14,21,23,27-28,37H,1-2,9-10,15-20,22H2,(H,33,35)(H,34,40)(H,36,41)(H,42,43)/t27-,28-/m0/s1. The first kappa shape index (κ1) is 32.1. The van der Waals surface area contributed by atoms with E-state index in [0.717, 1.165) is 49.9 Å². The fourth-order valence-electron chi connectivity index (χ4n) is 5.21. The van der Waals surface area contributed by atoms with Gasteiger partial charge in [-0.15, -0.1) is 0 Å². The number of unbranched alkanes of at least 4 members (excludes halogenated alkanes) is 3. The van der Waals surface area contributed by atoms with Crippen molar-refractivity contribution >= 4 is 23.9 Å². The maximum atomic E-state index is 13.1. The van der Waals surface area contributed by atoms with E-state index in [1.807, 2.05) is 70.5 Å². The van der Waals surface area contributed by atoms with Gasteiger partial charge in [-0.3, -0.25) is 9.59 Å². The predicted molar refractivity (Wildman–Crippen MR) is 165 cm³/mol. The molecule has 0 aliphatic carbocycles. The van der Waals surface area contributed by atoms with E-state index in [-0.39, 0.29) is 24.8 Å². The summed E-state index contributed by atoms with van der Waals surface area (Å²) in [6.45, 7) is 3.24. The molecule has 1 aromatic heterocycles. The van der Waals surface area contributed by atoms with Gasteiger partial charge in [0.2, 0.25) is 11.8 Å². The lowest BCUT2D eigenvalue weighted by atomic mass is 10.0. The summed E-state index contributed by atoms with van der Waals surface area (Å²) in [6.07, 6.45) is 5.51. The highest BCUT2D eigenvalue weighted by Gasteiger charge is 2.29. The number of hydrogen-bond donors (Lipinski definition) is 5.